The van der Waals surface area contributed by atoms with Gasteiger partial charge in [-0.1, -0.05) is 19.1 Å². The molecule has 0 aliphatic carbocycles. The Labute approximate surface area is 78.9 Å². The predicted molar refractivity (Wildman–Crippen MR) is 46.5 cm³/mol. The monoisotopic (exact) mass is 212 g/mol. The first-order valence-electron chi connectivity index (χ1n) is 2.38. The summed E-state index contributed by atoms with van der Waals surface area (Å²) in [6.07, 6.45) is 0. The molecule has 0 rings (SSSR count). The summed E-state index contributed by atoms with van der Waals surface area (Å²) in [5.74, 6) is 0. The fourth-order valence-electron chi connectivity index (χ4n) is 0.135. The van der Waals surface area contributed by atoms with Gasteiger partial charge in [0.15, 0.2) is 0 Å². The first kappa shape index (κ1) is 16.4. The normalized spacial score (nSPS) is 5.78. The van der Waals surface area contributed by atoms with Gasteiger partial charge in [0.2, 0.25) is 0 Å². The molecule has 0 unspecified atom stereocenters. The Bertz CT molecular complexity index is 58.9. The molecule has 1 nitrogen and oxygen atoms in total. The molecular formula is C5H11CuNS2. The van der Waals surface area contributed by atoms with Crippen LogP contribution in [-0.4, -0.2) is 10.9 Å². The van der Waals surface area contributed by atoms with E-state index in [0.717, 1.165) is 6.54 Å². The summed E-state index contributed by atoms with van der Waals surface area (Å²) >= 11 is 8.24. The van der Waals surface area contributed by atoms with Gasteiger partial charge in [-0.2, -0.15) is 19.6 Å². The van der Waals surface area contributed by atoms with Crippen molar-refractivity contribution in [1.29, 1.82) is 0 Å². The third-order valence-corrected chi connectivity index (χ3v) is 0.564. The van der Waals surface area contributed by atoms with Gasteiger partial charge in [0.1, 0.15) is 0 Å². The van der Waals surface area contributed by atoms with E-state index in [0.29, 0.717) is 4.32 Å². The van der Waals surface area contributed by atoms with Crippen molar-refractivity contribution in [3.05, 3.63) is 12.2 Å². The van der Waals surface area contributed by atoms with Gasteiger partial charge in [-0.05, 0) is 4.32 Å². The van der Waals surface area contributed by atoms with Crippen LogP contribution in [0.15, 0.2) is 0 Å². The van der Waals surface area contributed by atoms with E-state index in [9.17, 15) is 0 Å². The Morgan fingerprint density at radius 2 is 2.00 bits per heavy atom. The number of thiol groups is 1. The van der Waals surface area contributed by atoms with Crippen LogP contribution in [0.1, 0.15) is 13.8 Å². The van der Waals surface area contributed by atoms with Gasteiger partial charge in [-0.15, -0.1) is 6.54 Å². The number of hydrogen-bond donors (Lipinski definition) is 1. The number of hydrogen-bond acceptors (Lipinski definition) is 1. The van der Waals surface area contributed by atoms with Crippen LogP contribution in [0.25, 0.3) is 5.32 Å². The molecule has 0 aromatic heterocycles. The Morgan fingerprint density at radius 3 is 2.00 bits per heavy atom. The number of rotatable bonds is 1. The largest absolute Gasteiger partial charge is 2.00 e. The minimum Gasteiger partial charge on any atom is -0.670 e. The Balaban J connectivity index is -0.000000109. The van der Waals surface area contributed by atoms with Crippen molar-refractivity contribution in [3.63, 3.8) is 0 Å². The van der Waals surface area contributed by atoms with Crippen molar-refractivity contribution >= 4 is 29.2 Å². The predicted octanol–water partition coefficient (Wildman–Crippen LogP) is 2.43. The maximum absolute atomic E-state index is 4.49. The number of thiocarbonyl (C=S) groups is 1. The first-order chi connectivity index (χ1) is 3.77. The molecule has 0 N–H and O–H groups in total. The Kier molecular flexibility index (Phi) is 29.0. The van der Waals surface area contributed by atoms with Crippen molar-refractivity contribution in [2.24, 2.45) is 0 Å². The summed E-state index contributed by atoms with van der Waals surface area (Å²) in [7, 11) is 0. The second-order valence-corrected chi connectivity index (χ2v) is 1.87. The molecule has 0 spiro atoms. The molecule has 0 saturated heterocycles. The van der Waals surface area contributed by atoms with Crippen molar-refractivity contribution < 1.29 is 17.1 Å². The minimum absolute atomic E-state index is 0. The number of nitrogens with zero attached hydrogens (tertiary/aromatic N) is 1. The smallest absolute Gasteiger partial charge is 0.670 e. The van der Waals surface area contributed by atoms with E-state index in [4.69, 9.17) is 0 Å². The molecule has 0 saturated carbocycles. The SMILES string of the molecule is CC[N-]C(=S)S.[CH2-]C.[Cu+2]. The van der Waals surface area contributed by atoms with E-state index < -0.39 is 0 Å². The van der Waals surface area contributed by atoms with Gasteiger partial charge in [-0.25, -0.2) is 0 Å². The maximum atomic E-state index is 4.49. The summed E-state index contributed by atoms with van der Waals surface area (Å²) in [6, 6.07) is 0. The van der Waals surface area contributed by atoms with E-state index in [1.165, 1.54) is 0 Å². The van der Waals surface area contributed by atoms with Crippen LogP contribution < -0.4 is 0 Å². The van der Waals surface area contributed by atoms with E-state index in [-0.39, 0.29) is 17.1 Å². The molecule has 0 aromatic carbocycles. The summed E-state index contributed by atoms with van der Waals surface area (Å²) in [5.41, 5.74) is 0. The molecule has 4 heteroatoms. The van der Waals surface area contributed by atoms with Gasteiger partial charge in [0.05, 0.1) is 0 Å². The molecule has 0 aliphatic rings. The minimum atomic E-state index is 0. The first-order valence-corrected chi connectivity index (χ1v) is 3.24. The van der Waals surface area contributed by atoms with Crippen LogP contribution in [0.2, 0.25) is 0 Å². The van der Waals surface area contributed by atoms with Gasteiger partial charge < -0.3 is 12.2 Å². The molecule has 0 aliphatic heterocycles. The van der Waals surface area contributed by atoms with E-state index in [1.807, 2.05) is 6.92 Å². The summed E-state index contributed by atoms with van der Waals surface area (Å²) < 4.78 is 0.442. The molecule has 0 aromatic rings. The van der Waals surface area contributed by atoms with E-state index in [2.05, 4.69) is 37.1 Å². The summed E-state index contributed by atoms with van der Waals surface area (Å²) in [6.45, 7) is 7.66. The van der Waals surface area contributed by atoms with Crippen LogP contribution in [0.4, 0.5) is 0 Å². The van der Waals surface area contributed by atoms with Crippen molar-refractivity contribution in [3.8, 4) is 0 Å². The quantitative estimate of drug-likeness (QED) is 0.305. The Morgan fingerprint density at radius 1 is 1.67 bits per heavy atom. The van der Waals surface area contributed by atoms with Crippen LogP contribution in [-0.2, 0) is 17.1 Å². The third kappa shape index (κ3) is 28.3. The van der Waals surface area contributed by atoms with Crippen molar-refractivity contribution in [1.82, 2.24) is 0 Å². The summed E-state index contributed by atoms with van der Waals surface area (Å²) in [4.78, 5) is 0. The fraction of sp³-hybridized carbons (Fsp3) is 0.600. The molecular weight excluding hydrogens is 202 g/mol. The zero-order valence-corrected chi connectivity index (χ0v) is 8.17. The van der Waals surface area contributed by atoms with E-state index >= 15 is 0 Å². The molecule has 0 heterocycles. The molecule has 0 bridgehead atoms. The molecule has 1 radical (unpaired) electrons. The van der Waals surface area contributed by atoms with Crippen molar-refractivity contribution in [2.75, 3.05) is 6.54 Å². The fourth-order valence-corrected chi connectivity index (χ4v) is 0.406. The van der Waals surface area contributed by atoms with Crippen LogP contribution >= 0.6 is 24.8 Å². The van der Waals surface area contributed by atoms with Gasteiger partial charge in [-0.3, -0.25) is 0 Å². The average molecular weight is 213 g/mol. The van der Waals surface area contributed by atoms with Crippen LogP contribution in [0.3, 0.4) is 0 Å². The zero-order valence-electron chi connectivity index (χ0n) is 5.52. The average Bonchev–Trinajstić information content (AvgIpc) is 1.72. The maximum Gasteiger partial charge on any atom is 2.00 e. The van der Waals surface area contributed by atoms with Gasteiger partial charge >= 0.3 is 17.1 Å². The Hall–Kier alpha value is 0.759. The van der Waals surface area contributed by atoms with E-state index in [1.54, 1.807) is 6.92 Å². The van der Waals surface area contributed by atoms with Crippen LogP contribution in [0.5, 0.6) is 0 Å². The molecule has 0 atom stereocenters. The molecule has 9 heavy (non-hydrogen) atoms. The topological polar surface area (TPSA) is 14.1 Å². The molecule has 59 valence electrons. The van der Waals surface area contributed by atoms with Crippen molar-refractivity contribution in [2.45, 2.75) is 13.8 Å². The summed E-state index contributed by atoms with van der Waals surface area (Å²) in [5, 5.41) is 3.72. The third-order valence-electron chi connectivity index (χ3n) is 0.293. The zero-order chi connectivity index (χ0) is 6.99. The van der Waals surface area contributed by atoms with Crippen LogP contribution in [0, 0.1) is 6.92 Å². The molecule has 0 fully saturated rings. The van der Waals surface area contributed by atoms with Gasteiger partial charge in [0, 0.05) is 0 Å². The standard InChI is InChI=1S/C3H7NS2.C2H5.Cu/c1-2-4-3(5)6;1-2;/h2H2,1H3,(H2,4,5,6);1H2,2H3;/q;-1;+2/p-1. The molecule has 0 amide bonds. The second kappa shape index (κ2) is 15.9. The van der Waals surface area contributed by atoms with Gasteiger partial charge in [0.25, 0.3) is 0 Å². The second-order valence-electron chi connectivity index (χ2n) is 0.757.